The fourth-order valence-electron chi connectivity index (χ4n) is 0.904. The molecule has 2 heterocycles. The molecule has 0 aromatic carbocycles. The first-order valence-electron chi connectivity index (χ1n) is 3.16. The van der Waals surface area contributed by atoms with Crippen LogP contribution in [-0.4, -0.2) is 20.6 Å². The van der Waals surface area contributed by atoms with E-state index in [1.807, 2.05) is 13.0 Å². The second-order valence-corrected chi connectivity index (χ2v) is 2.14. The smallest absolute Gasteiger partial charge is 0.182 e. The number of tetrazole rings is 1. The number of hydrogen-bond acceptors (Lipinski definition) is 4. The molecule has 0 unspecified atom stereocenters. The molecule has 5 nitrogen and oxygen atoms in total. The Hall–Kier alpha value is -1.65. The monoisotopic (exact) mass is 150 g/mol. The van der Waals surface area contributed by atoms with E-state index in [0.29, 0.717) is 5.82 Å². The normalized spacial score (nSPS) is 10.3. The molecule has 0 amide bonds. The van der Waals surface area contributed by atoms with Gasteiger partial charge in [-0.3, -0.25) is 0 Å². The number of H-pyrrole nitrogens is 1. The van der Waals surface area contributed by atoms with Crippen molar-refractivity contribution in [3.05, 3.63) is 18.1 Å². The fraction of sp³-hybridized carbons (Fsp3) is 0.167. The lowest BCUT2D eigenvalue weighted by Gasteiger charge is -1.87. The van der Waals surface area contributed by atoms with E-state index in [2.05, 4.69) is 20.6 Å². The summed E-state index contributed by atoms with van der Waals surface area (Å²) >= 11 is 0. The first-order valence-corrected chi connectivity index (χ1v) is 3.16. The Morgan fingerprint density at radius 1 is 1.55 bits per heavy atom. The van der Waals surface area contributed by atoms with Crippen LogP contribution in [0.3, 0.4) is 0 Å². The largest absolute Gasteiger partial charge is 0.469 e. The molecule has 0 aliphatic carbocycles. The number of nitrogens with one attached hydrogen (secondary N) is 1. The highest BCUT2D eigenvalue weighted by molar-refractivity contribution is 5.55. The molecular formula is C6H6N4O. The minimum Gasteiger partial charge on any atom is -0.469 e. The summed E-state index contributed by atoms with van der Waals surface area (Å²) in [5, 5.41) is 13.3. The molecule has 1 N–H and O–H groups in total. The van der Waals surface area contributed by atoms with Gasteiger partial charge in [-0.2, -0.15) is 0 Å². The summed E-state index contributed by atoms with van der Waals surface area (Å²) in [6.07, 6.45) is 1.60. The topological polar surface area (TPSA) is 67.6 Å². The molecule has 56 valence electrons. The predicted octanol–water partition coefficient (Wildman–Crippen LogP) is 0.768. The van der Waals surface area contributed by atoms with E-state index in [1.165, 1.54) is 0 Å². The van der Waals surface area contributed by atoms with Crippen LogP contribution in [0.25, 0.3) is 11.4 Å². The van der Waals surface area contributed by atoms with Gasteiger partial charge in [-0.1, -0.05) is 0 Å². The number of hydrogen-bond donors (Lipinski definition) is 1. The molecule has 0 saturated carbocycles. The predicted molar refractivity (Wildman–Crippen MR) is 36.6 cm³/mol. The molecule has 2 rings (SSSR count). The third-order valence-electron chi connectivity index (χ3n) is 1.46. The fourth-order valence-corrected chi connectivity index (χ4v) is 0.904. The van der Waals surface area contributed by atoms with Crippen LogP contribution in [0.4, 0.5) is 0 Å². The zero-order valence-electron chi connectivity index (χ0n) is 5.90. The van der Waals surface area contributed by atoms with Crippen molar-refractivity contribution in [2.45, 2.75) is 6.92 Å². The number of furan rings is 1. The molecule has 0 bridgehead atoms. The van der Waals surface area contributed by atoms with E-state index in [9.17, 15) is 0 Å². The van der Waals surface area contributed by atoms with Crippen molar-refractivity contribution in [1.29, 1.82) is 0 Å². The van der Waals surface area contributed by atoms with Gasteiger partial charge in [0.25, 0.3) is 0 Å². The van der Waals surface area contributed by atoms with Crippen LogP contribution in [0, 0.1) is 6.92 Å². The Bertz CT molecular complexity index is 337. The molecule has 0 aliphatic heterocycles. The minimum atomic E-state index is 0.635. The summed E-state index contributed by atoms with van der Waals surface area (Å²) in [5.41, 5.74) is 0.898. The van der Waals surface area contributed by atoms with Crippen molar-refractivity contribution in [3.8, 4) is 11.4 Å². The van der Waals surface area contributed by atoms with E-state index in [4.69, 9.17) is 4.42 Å². The Morgan fingerprint density at radius 3 is 3.00 bits per heavy atom. The second-order valence-electron chi connectivity index (χ2n) is 2.14. The molecule has 0 fully saturated rings. The standard InChI is InChI=1S/C6H6N4O/c1-4-5(2-3-11-4)6-7-9-10-8-6/h2-3H,1H3,(H,7,8,9,10). The number of aromatic amines is 1. The molecule has 0 spiro atoms. The number of aromatic nitrogens is 4. The molecule has 11 heavy (non-hydrogen) atoms. The summed E-state index contributed by atoms with van der Waals surface area (Å²) in [4.78, 5) is 0. The summed E-state index contributed by atoms with van der Waals surface area (Å²) in [5.74, 6) is 1.44. The van der Waals surface area contributed by atoms with E-state index in [-0.39, 0.29) is 0 Å². The van der Waals surface area contributed by atoms with Gasteiger partial charge in [0.15, 0.2) is 5.82 Å². The summed E-state index contributed by atoms with van der Waals surface area (Å²) in [6.45, 7) is 1.86. The Morgan fingerprint density at radius 2 is 2.45 bits per heavy atom. The molecule has 0 aliphatic rings. The van der Waals surface area contributed by atoms with Gasteiger partial charge in [-0.15, -0.1) is 5.10 Å². The van der Waals surface area contributed by atoms with Gasteiger partial charge in [0, 0.05) is 0 Å². The maximum absolute atomic E-state index is 5.07. The summed E-state index contributed by atoms with van der Waals surface area (Å²) in [6, 6.07) is 1.82. The maximum atomic E-state index is 5.07. The highest BCUT2D eigenvalue weighted by atomic mass is 16.3. The van der Waals surface area contributed by atoms with Gasteiger partial charge in [0.1, 0.15) is 5.76 Å². The zero-order chi connectivity index (χ0) is 7.68. The van der Waals surface area contributed by atoms with Crippen LogP contribution in [0.15, 0.2) is 16.7 Å². The van der Waals surface area contributed by atoms with Crippen LogP contribution in [0.5, 0.6) is 0 Å². The number of nitrogens with zero attached hydrogens (tertiary/aromatic N) is 3. The van der Waals surface area contributed by atoms with Crippen molar-refractivity contribution < 1.29 is 4.42 Å². The molecule has 0 radical (unpaired) electrons. The van der Waals surface area contributed by atoms with Gasteiger partial charge < -0.3 is 4.42 Å². The van der Waals surface area contributed by atoms with Crippen molar-refractivity contribution in [2.75, 3.05) is 0 Å². The minimum absolute atomic E-state index is 0.635. The average molecular weight is 150 g/mol. The van der Waals surface area contributed by atoms with Crippen LogP contribution >= 0.6 is 0 Å². The molecule has 2 aromatic rings. The van der Waals surface area contributed by atoms with Gasteiger partial charge in [-0.25, -0.2) is 5.10 Å². The molecular weight excluding hydrogens is 144 g/mol. The maximum Gasteiger partial charge on any atom is 0.182 e. The third-order valence-corrected chi connectivity index (χ3v) is 1.46. The lowest BCUT2D eigenvalue weighted by Crippen LogP contribution is -1.79. The molecule has 2 aromatic heterocycles. The lowest BCUT2D eigenvalue weighted by molar-refractivity contribution is 0.535. The average Bonchev–Trinajstić information content (AvgIpc) is 2.55. The number of rotatable bonds is 1. The Balaban J connectivity index is 2.53. The van der Waals surface area contributed by atoms with Crippen molar-refractivity contribution in [3.63, 3.8) is 0 Å². The van der Waals surface area contributed by atoms with E-state index >= 15 is 0 Å². The summed E-state index contributed by atoms with van der Waals surface area (Å²) in [7, 11) is 0. The Kier molecular flexibility index (Phi) is 1.21. The van der Waals surface area contributed by atoms with Crippen molar-refractivity contribution in [1.82, 2.24) is 20.6 Å². The molecule has 0 atom stereocenters. The van der Waals surface area contributed by atoms with E-state index in [0.717, 1.165) is 11.3 Å². The lowest BCUT2D eigenvalue weighted by atomic mass is 10.2. The highest BCUT2D eigenvalue weighted by Crippen LogP contribution is 2.18. The summed E-state index contributed by atoms with van der Waals surface area (Å²) < 4.78 is 5.07. The van der Waals surface area contributed by atoms with Crippen LogP contribution in [-0.2, 0) is 0 Å². The number of aryl methyl sites for hydroxylation is 1. The highest BCUT2D eigenvalue weighted by Gasteiger charge is 2.06. The van der Waals surface area contributed by atoms with E-state index < -0.39 is 0 Å². The van der Waals surface area contributed by atoms with E-state index in [1.54, 1.807) is 6.26 Å². The first-order chi connectivity index (χ1) is 5.38. The van der Waals surface area contributed by atoms with Crippen molar-refractivity contribution in [2.24, 2.45) is 0 Å². The molecule has 5 heteroatoms. The van der Waals surface area contributed by atoms with Gasteiger partial charge in [-0.05, 0) is 23.4 Å². The quantitative estimate of drug-likeness (QED) is 0.651. The second kappa shape index (κ2) is 2.19. The molecule has 0 saturated heterocycles. The van der Waals surface area contributed by atoms with Gasteiger partial charge in [0.05, 0.1) is 11.8 Å². The van der Waals surface area contributed by atoms with Crippen LogP contribution < -0.4 is 0 Å². The SMILES string of the molecule is Cc1occc1-c1nnn[nH]1. The third kappa shape index (κ3) is 0.899. The van der Waals surface area contributed by atoms with Crippen LogP contribution in [0.1, 0.15) is 5.76 Å². The van der Waals surface area contributed by atoms with Gasteiger partial charge in [0.2, 0.25) is 0 Å². The Labute approximate surface area is 62.4 Å². The van der Waals surface area contributed by atoms with Crippen LogP contribution in [0.2, 0.25) is 0 Å². The van der Waals surface area contributed by atoms with Gasteiger partial charge >= 0.3 is 0 Å². The zero-order valence-corrected chi connectivity index (χ0v) is 5.90. The first kappa shape index (κ1) is 6.09. The van der Waals surface area contributed by atoms with Crippen molar-refractivity contribution >= 4 is 0 Å².